The largest absolute Gasteiger partial charge is 0.497 e. The van der Waals surface area contributed by atoms with Gasteiger partial charge in [0, 0.05) is 44.6 Å². The highest BCUT2D eigenvalue weighted by molar-refractivity contribution is 6.06. The zero-order valence-electron chi connectivity index (χ0n) is 33.2. The summed E-state index contributed by atoms with van der Waals surface area (Å²) in [7, 11) is 3.30. The number of methoxy groups -OCH3 is 2. The van der Waals surface area contributed by atoms with Crippen LogP contribution in [0.5, 0.6) is 11.5 Å². The van der Waals surface area contributed by atoms with Crippen molar-refractivity contribution in [1.82, 2.24) is 0 Å². The SMILES string of the molecule is COc1ccc(C=C(c2ccc3c(C#N)c(C(=Cc4ccc(OC)cc4)N(c4ccccc4)c4ccccc4)ccc3c2C#N)N(c2ccccc2)c2ccccc2)cc1. The second kappa shape index (κ2) is 17.9. The third kappa shape index (κ3) is 7.95. The fourth-order valence-electron chi connectivity index (χ4n) is 7.48. The van der Waals surface area contributed by atoms with E-state index in [2.05, 4.69) is 82.6 Å². The minimum absolute atomic E-state index is 0.454. The van der Waals surface area contributed by atoms with Crippen molar-refractivity contribution in [2.75, 3.05) is 24.0 Å². The maximum atomic E-state index is 11.2. The summed E-state index contributed by atoms with van der Waals surface area (Å²) >= 11 is 0. The van der Waals surface area contributed by atoms with Gasteiger partial charge in [-0.25, -0.2) is 0 Å². The van der Waals surface area contributed by atoms with Crippen molar-refractivity contribution in [3.05, 3.63) is 228 Å². The molecule has 8 aromatic carbocycles. The zero-order chi connectivity index (χ0) is 41.3. The van der Waals surface area contributed by atoms with Crippen molar-refractivity contribution in [2.45, 2.75) is 0 Å². The highest BCUT2D eigenvalue weighted by atomic mass is 16.5. The third-order valence-electron chi connectivity index (χ3n) is 10.4. The van der Waals surface area contributed by atoms with Crippen LogP contribution in [0.15, 0.2) is 194 Å². The molecule has 0 bridgehead atoms. The van der Waals surface area contributed by atoms with Crippen LogP contribution in [0.3, 0.4) is 0 Å². The Kier molecular flexibility index (Phi) is 11.5. The second-order valence-corrected chi connectivity index (χ2v) is 13.9. The van der Waals surface area contributed by atoms with Crippen molar-refractivity contribution in [3.8, 4) is 23.6 Å². The minimum Gasteiger partial charge on any atom is -0.497 e. The van der Waals surface area contributed by atoms with Gasteiger partial charge in [-0.05, 0) is 96.1 Å². The quantitative estimate of drug-likeness (QED) is 0.115. The van der Waals surface area contributed by atoms with Gasteiger partial charge in [-0.2, -0.15) is 10.5 Å². The zero-order valence-corrected chi connectivity index (χ0v) is 33.2. The number of anilines is 4. The highest BCUT2D eigenvalue weighted by Crippen LogP contribution is 2.42. The Morgan fingerprint density at radius 1 is 0.400 bits per heavy atom. The molecular weight excluding hydrogens is 737 g/mol. The molecule has 0 unspecified atom stereocenters. The summed E-state index contributed by atoms with van der Waals surface area (Å²) in [6.07, 6.45) is 4.18. The summed E-state index contributed by atoms with van der Waals surface area (Å²) < 4.78 is 10.9. The number of rotatable bonds is 12. The molecule has 0 aromatic heterocycles. The van der Waals surface area contributed by atoms with Gasteiger partial charge in [0.25, 0.3) is 0 Å². The van der Waals surface area contributed by atoms with Gasteiger partial charge in [-0.15, -0.1) is 0 Å². The average Bonchev–Trinajstić information content (AvgIpc) is 3.32. The molecule has 0 amide bonds. The average molecular weight is 777 g/mol. The van der Waals surface area contributed by atoms with Gasteiger partial charge in [-0.3, -0.25) is 0 Å². The van der Waals surface area contributed by atoms with Crippen LogP contribution in [-0.4, -0.2) is 14.2 Å². The molecular formula is C54H40N4O2. The summed E-state index contributed by atoms with van der Waals surface area (Å²) in [6.45, 7) is 0. The Hall–Kier alpha value is -8.32. The van der Waals surface area contributed by atoms with E-state index in [1.165, 1.54) is 0 Å². The van der Waals surface area contributed by atoms with Crippen molar-refractivity contribution < 1.29 is 9.47 Å². The van der Waals surface area contributed by atoms with Crippen LogP contribution in [0.1, 0.15) is 33.4 Å². The van der Waals surface area contributed by atoms with E-state index in [1.807, 2.05) is 146 Å². The van der Waals surface area contributed by atoms with Crippen molar-refractivity contribution in [2.24, 2.45) is 0 Å². The summed E-state index contributed by atoms with van der Waals surface area (Å²) in [6, 6.07) is 69.3. The van der Waals surface area contributed by atoms with Crippen molar-refractivity contribution in [3.63, 3.8) is 0 Å². The molecule has 0 spiro atoms. The standard InChI is InChI=1S/C54H40N4O2/c1-59-45-27-23-39(24-28-45)35-53(57(41-15-7-3-8-16-41)42-17-9-4-10-18-42)49-33-31-48-47(51(49)37-55)32-34-50(52(48)38-56)54(36-40-25-29-46(60-2)30-26-40)58(43-19-11-5-12-20-43)44-21-13-6-14-22-44/h3-36H,1-2H3. The van der Waals surface area contributed by atoms with E-state index < -0.39 is 0 Å². The van der Waals surface area contributed by atoms with E-state index >= 15 is 0 Å². The Morgan fingerprint density at radius 3 is 0.967 bits per heavy atom. The van der Waals surface area contributed by atoms with Gasteiger partial charge in [0.05, 0.1) is 36.7 Å². The number of para-hydroxylation sites is 4. The van der Waals surface area contributed by atoms with Crippen LogP contribution in [0.2, 0.25) is 0 Å². The fourth-order valence-corrected chi connectivity index (χ4v) is 7.48. The Labute approximate surface area is 351 Å². The number of fused-ring (bicyclic) bond motifs is 1. The molecule has 8 rings (SSSR count). The van der Waals surface area contributed by atoms with Gasteiger partial charge in [-0.1, -0.05) is 121 Å². The molecule has 0 aliphatic carbocycles. The molecule has 0 heterocycles. The number of nitriles is 2. The molecule has 0 saturated heterocycles. The van der Waals surface area contributed by atoms with Gasteiger partial charge in [0.1, 0.15) is 23.6 Å². The van der Waals surface area contributed by atoms with E-state index in [0.717, 1.165) is 67.9 Å². The summed E-state index contributed by atoms with van der Waals surface area (Å²) in [5.41, 5.74) is 9.48. The van der Waals surface area contributed by atoms with Crippen LogP contribution in [-0.2, 0) is 0 Å². The lowest BCUT2D eigenvalue weighted by Gasteiger charge is -2.30. The molecule has 6 nitrogen and oxygen atoms in total. The smallest absolute Gasteiger partial charge is 0.118 e. The predicted octanol–water partition coefficient (Wildman–Crippen LogP) is 13.3. The van der Waals surface area contributed by atoms with Crippen LogP contribution < -0.4 is 19.3 Å². The van der Waals surface area contributed by atoms with Gasteiger partial charge in [0.2, 0.25) is 0 Å². The Balaban J connectivity index is 1.38. The molecule has 60 heavy (non-hydrogen) atoms. The van der Waals surface area contributed by atoms with Crippen LogP contribution in [0, 0.1) is 22.7 Å². The predicted molar refractivity (Wildman–Crippen MR) is 245 cm³/mol. The minimum atomic E-state index is 0.454. The first-order valence-corrected chi connectivity index (χ1v) is 19.5. The summed E-state index contributed by atoms with van der Waals surface area (Å²) in [5, 5.41) is 23.7. The lowest BCUT2D eigenvalue weighted by molar-refractivity contribution is 0.414. The molecule has 0 aliphatic heterocycles. The molecule has 288 valence electrons. The number of ether oxygens (including phenoxy) is 2. The van der Waals surface area contributed by atoms with Crippen molar-refractivity contribution >= 4 is 57.1 Å². The van der Waals surface area contributed by atoms with E-state index in [-0.39, 0.29) is 0 Å². The Morgan fingerprint density at radius 2 is 0.700 bits per heavy atom. The van der Waals surface area contributed by atoms with E-state index in [1.54, 1.807) is 14.2 Å². The van der Waals surface area contributed by atoms with E-state index in [4.69, 9.17) is 9.47 Å². The van der Waals surface area contributed by atoms with Gasteiger partial charge >= 0.3 is 0 Å². The van der Waals surface area contributed by atoms with Gasteiger partial charge in [0.15, 0.2) is 0 Å². The first kappa shape index (κ1) is 38.5. The topological polar surface area (TPSA) is 72.5 Å². The summed E-state index contributed by atoms with van der Waals surface area (Å²) in [4.78, 5) is 4.33. The fraction of sp³-hybridized carbons (Fsp3) is 0.0370. The Bertz CT molecular complexity index is 2600. The lowest BCUT2D eigenvalue weighted by atomic mass is 9.90. The molecule has 6 heteroatoms. The van der Waals surface area contributed by atoms with Crippen LogP contribution >= 0.6 is 0 Å². The van der Waals surface area contributed by atoms with Crippen molar-refractivity contribution in [1.29, 1.82) is 10.5 Å². The number of hydrogen-bond donors (Lipinski definition) is 0. The molecule has 0 N–H and O–H groups in total. The van der Waals surface area contributed by atoms with E-state index in [0.29, 0.717) is 21.9 Å². The maximum Gasteiger partial charge on any atom is 0.118 e. The first-order valence-electron chi connectivity index (χ1n) is 19.5. The summed E-state index contributed by atoms with van der Waals surface area (Å²) in [5.74, 6) is 1.50. The molecule has 0 saturated carbocycles. The molecule has 0 atom stereocenters. The third-order valence-corrected chi connectivity index (χ3v) is 10.4. The second-order valence-electron chi connectivity index (χ2n) is 13.9. The normalized spacial score (nSPS) is 11.3. The first-order chi connectivity index (χ1) is 29.6. The number of nitrogens with zero attached hydrogens (tertiary/aromatic N) is 4. The monoisotopic (exact) mass is 776 g/mol. The molecule has 0 fully saturated rings. The molecule has 8 aromatic rings. The van der Waals surface area contributed by atoms with Gasteiger partial charge < -0.3 is 19.3 Å². The van der Waals surface area contributed by atoms with Crippen LogP contribution in [0.4, 0.5) is 22.7 Å². The molecule has 0 aliphatic rings. The highest BCUT2D eigenvalue weighted by Gasteiger charge is 2.25. The van der Waals surface area contributed by atoms with E-state index in [9.17, 15) is 10.5 Å². The molecule has 0 radical (unpaired) electrons. The number of hydrogen-bond acceptors (Lipinski definition) is 6. The maximum absolute atomic E-state index is 11.2. The number of benzene rings is 8. The van der Waals surface area contributed by atoms with Crippen LogP contribution in [0.25, 0.3) is 34.3 Å². The lowest BCUT2D eigenvalue weighted by Crippen LogP contribution is -2.17.